The molecule has 0 spiro atoms. The van der Waals surface area contributed by atoms with Gasteiger partial charge in [-0.2, -0.15) is 0 Å². The van der Waals surface area contributed by atoms with Crippen LogP contribution in [0.25, 0.3) is 22.4 Å². The van der Waals surface area contributed by atoms with Gasteiger partial charge in [-0.15, -0.1) is 0 Å². The van der Waals surface area contributed by atoms with E-state index in [0.29, 0.717) is 28.2 Å². The van der Waals surface area contributed by atoms with E-state index in [4.69, 9.17) is 4.98 Å². The normalized spacial score (nSPS) is 15.9. The first-order valence-electron chi connectivity index (χ1n) is 9.42. The number of rotatable bonds is 3. The van der Waals surface area contributed by atoms with E-state index in [1.165, 1.54) is 0 Å². The Kier molecular flexibility index (Phi) is 4.89. The van der Waals surface area contributed by atoms with Crippen LogP contribution in [0.5, 0.6) is 0 Å². The van der Waals surface area contributed by atoms with Crippen LogP contribution in [0.3, 0.4) is 0 Å². The Labute approximate surface area is 167 Å². The Morgan fingerprint density at radius 3 is 2.71 bits per heavy atom. The van der Waals surface area contributed by atoms with Crippen molar-refractivity contribution in [2.24, 2.45) is 5.41 Å². The van der Waals surface area contributed by atoms with Crippen molar-refractivity contribution in [2.45, 2.75) is 20.8 Å². The number of aromatic amines is 1. The molecular formula is C21H24N4O2S. The Morgan fingerprint density at radius 1 is 1.25 bits per heavy atom. The Bertz CT molecular complexity index is 1020. The molecule has 1 fully saturated rings. The first-order chi connectivity index (χ1) is 13.3. The number of carbonyl (C=O) groups excluding carboxylic acids is 1. The van der Waals surface area contributed by atoms with Crippen LogP contribution in [0.15, 0.2) is 36.7 Å². The summed E-state index contributed by atoms with van der Waals surface area (Å²) < 4.78 is 11.6. The van der Waals surface area contributed by atoms with E-state index in [-0.39, 0.29) is 5.78 Å². The predicted molar refractivity (Wildman–Crippen MR) is 113 cm³/mol. The SMILES string of the molecule is CC(C)(C)C(=O)c1c[nH]c2ncc(-c3cccc(N4CC[S+]([O-])CC4)c3)nc12. The minimum absolute atomic E-state index is 0.0419. The molecule has 1 aliphatic rings. The molecule has 3 aromatic rings. The van der Waals surface area contributed by atoms with E-state index in [0.717, 1.165) is 30.0 Å². The third-order valence-electron chi connectivity index (χ3n) is 4.99. The molecule has 0 bridgehead atoms. The molecule has 3 heterocycles. The highest BCUT2D eigenvalue weighted by atomic mass is 32.2. The fourth-order valence-corrected chi connectivity index (χ4v) is 4.42. The molecule has 28 heavy (non-hydrogen) atoms. The van der Waals surface area contributed by atoms with Crippen molar-refractivity contribution < 1.29 is 9.35 Å². The molecule has 0 atom stereocenters. The van der Waals surface area contributed by atoms with Gasteiger partial charge in [-0.05, 0) is 12.1 Å². The van der Waals surface area contributed by atoms with E-state index in [9.17, 15) is 9.35 Å². The maximum atomic E-state index is 12.8. The average molecular weight is 397 g/mol. The van der Waals surface area contributed by atoms with Crippen molar-refractivity contribution >= 4 is 33.8 Å². The van der Waals surface area contributed by atoms with E-state index in [2.05, 4.69) is 27.0 Å². The molecule has 2 aromatic heterocycles. The van der Waals surface area contributed by atoms with E-state index < -0.39 is 16.6 Å². The summed E-state index contributed by atoms with van der Waals surface area (Å²) in [6.45, 7) is 7.30. The zero-order chi connectivity index (χ0) is 19.9. The van der Waals surface area contributed by atoms with Gasteiger partial charge in [0.15, 0.2) is 11.4 Å². The minimum atomic E-state index is -0.701. The van der Waals surface area contributed by atoms with Crippen molar-refractivity contribution in [3.05, 3.63) is 42.2 Å². The fraction of sp³-hybridized carbons (Fsp3) is 0.381. The Balaban J connectivity index is 1.70. The maximum absolute atomic E-state index is 12.8. The summed E-state index contributed by atoms with van der Waals surface area (Å²) >= 11 is -0.701. The number of nitrogens with one attached hydrogen (secondary N) is 1. The monoisotopic (exact) mass is 396 g/mol. The zero-order valence-corrected chi connectivity index (χ0v) is 17.2. The topological polar surface area (TPSA) is 84.9 Å². The summed E-state index contributed by atoms with van der Waals surface area (Å²) in [5, 5.41) is 0. The van der Waals surface area contributed by atoms with Gasteiger partial charge in [0.2, 0.25) is 0 Å². The van der Waals surface area contributed by atoms with Gasteiger partial charge in [-0.3, -0.25) is 4.79 Å². The Morgan fingerprint density at radius 2 is 2.00 bits per heavy atom. The van der Waals surface area contributed by atoms with Crippen LogP contribution >= 0.6 is 0 Å². The molecule has 146 valence electrons. The van der Waals surface area contributed by atoms with Gasteiger partial charge in [-0.1, -0.05) is 44.1 Å². The Hall–Kier alpha value is -2.38. The highest BCUT2D eigenvalue weighted by Crippen LogP contribution is 2.28. The molecule has 1 aliphatic heterocycles. The van der Waals surface area contributed by atoms with Gasteiger partial charge in [-0.25, -0.2) is 9.97 Å². The second kappa shape index (κ2) is 7.22. The average Bonchev–Trinajstić information content (AvgIpc) is 3.10. The van der Waals surface area contributed by atoms with Crippen molar-refractivity contribution in [3.8, 4) is 11.3 Å². The molecule has 0 radical (unpaired) electrons. The van der Waals surface area contributed by atoms with Crippen LogP contribution in [0.4, 0.5) is 5.69 Å². The van der Waals surface area contributed by atoms with Crippen LogP contribution in [0, 0.1) is 5.41 Å². The lowest BCUT2D eigenvalue weighted by molar-refractivity contribution is 0.0860. The second-order valence-electron chi connectivity index (χ2n) is 8.12. The van der Waals surface area contributed by atoms with Crippen molar-refractivity contribution in [1.29, 1.82) is 0 Å². The number of anilines is 1. The molecule has 7 heteroatoms. The number of carbonyl (C=O) groups is 1. The van der Waals surface area contributed by atoms with E-state index >= 15 is 0 Å². The number of hydrogen-bond donors (Lipinski definition) is 1. The van der Waals surface area contributed by atoms with Crippen LogP contribution in [-0.2, 0) is 11.2 Å². The number of aromatic nitrogens is 3. The highest BCUT2D eigenvalue weighted by molar-refractivity contribution is 7.91. The number of benzene rings is 1. The molecule has 0 amide bonds. The van der Waals surface area contributed by atoms with Crippen LogP contribution in [0.1, 0.15) is 31.1 Å². The number of H-pyrrole nitrogens is 1. The molecule has 1 aromatic carbocycles. The first-order valence-corrected chi connectivity index (χ1v) is 10.9. The lowest BCUT2D eigenvalue weighted by atomic mass is 9.87. The van der Waals surface area contributed by atoms with Gasteiger partial charge < -0.3 is 14.4 Å². The number of fused-ring (bicyclic) bond motifs is 1. The van der Waals surface area contributed by atoms with E-state index in [1.54, 1.807) is 12.4 Å². The minimum Gasteiger partial charge on any atom is -0.616 e. The number of Topliss-reactive ketones (excluding diaryl/α,β-unsaturated/α-hetero) is 1. The summed E-state index contributed by atoms with van der Waals surface area (Å²) in [4.78, 5) is 27.3. The van der Waals surface area contributed by atoms with E-state index in [1.807, 2.05) is 32.9 Å². The second-order valence-corrected chi connectivity index (χ2v) is 9.82. The van der Waals surface area contributed by atoms with Crippen LogP contribution in [0.2, 0.25) is 0 Å². The van der Waals surface area contributed by atoms with Crippen LogP contribution in [-0.4, -0.2) is 49.9 Å². The molecule has 4 rings (SSSR count). The predicted octanol–water partition coefficient (Wildman–Crippen LogP) is 3.42. The molecule has 1 saturated heterocycles. The fourth-order valence-electron chi connectivity index (χ4n) is 3.37. The molecular weight excluding hydrogens is 372 g/mol. The van der Waals surface area contributed by atoms with Gasteiger partial charge in [0, 0.05) is 22.9 Å². The molecule has 0 unspecified atom stereocenters. The van der Waals surface area contributed by atoms with Crippen molar-refractivity contribution in [3.63, 3.8) is 0 Å². The van der Waals surface area contributed by atoms with Gasteiger partial charge in [0.1, 0.15) is 17.0 Å². The lowest BCUT2D eigenvalue weighted by Gasteiger charge is -2.30. The van der Waals surface area contributed by atoms with Gasteiger partial charge >= 0.3 is 0 Å². The third kappa shape index (κ3) is 3.64. The number of hydrogen-bond acceptors (Lipinski definition) is 5. The summed E-state index contributed by atoms with van der Waals surface area (Å²) in [5.41, 5.74) is 4.09. The van der Waals surface area contributed by atoms with Crippen molar-refractivity contribution in [1.82, 2.24) is 15.0 Å². The molecule has 1 N–H and O–H groups in total. The molecule has 6 nitrogen and oxygen atoms in total. The molecule has 0 aliphatic carbocycles. The molecule has 0 saturated carbocycles. The number of nitrogens with zero attached hydrogens (tertiary/aromatic N) is 3. The largest absolute Gasteiger partial charge is 0.616 e. The van der Waals surface area contributed by atoms with Crippen LogP contribution < -0.4 is 4.90 Å². The summed E-state index contributed by atoms with van der Waals surface area (Å²) in [7, 11) is 0. The highest BCUT2D eigenvalue weighted by Gasteiger charge is 2.26. The summed E-state index contributed by atoms with van der Waals surface area (Å²) in [5.74, 6) is 1.45. The van der Waals surface area contributed by atoms with Gasteiger partial charge in [0.25, 0.3) is 0 Å². The smallest absolute Gasteiger partial charge is 0.171 e. The maximum Gasteiger partial charge on any atom is 0.171 e. The first kappa shape index (κ1) is 19.0. The quantitative estimate of drug-likeness (QED) is 0.542. The standard InChI is InChI=1S/C21H24N4O2S/c1-21(2,3)19(26)16-12-22-20-18(16)24-17(13-23-20)14-5-4-6-15(11-14)25-7-9-28(27)10-8-25/h4-6,11-13H,7-10H2,1-3H3,(H,22,23). The van der Waals surface area contributed by atoms with Crippen molar-refractivity contribution in [2.75, 3.05) is 29.5 Å². The van der Waals surface area contributed by atoms with Gasteiger partial charge in [0.05, 0.1) is 30.5 Å². The lowest BCUT2D eigenvalue weighted by Crippen LogP contribution is -2.40. The number of ketones is 1. The zero-order valence-electron chi connectivity index (χ0n) is 16.4. The summed E-state index contributed by atoms with van der Waals surface area (Å²) in [6, 6.07) is 8.15. The summed E-state index contributed by atoms with van der Waals surface area (Å²) in [6.07, 6.45) is 3.43. The third-order valence-corrected chi connectivity index (χ3v) is 6.27.